The number of pyridine rings is 1. The molecule has 1 atom stereocenters. The molecule has 2 rings (SSSR count). The lowest BCUT2D eigenvalue weighted by atomic mass is 10.4. The molecule has 1 aliphatic heterocycles. The highest BCUT2D eigenvalue weighted by Crippen LogP contribution is 2.21. The average molecular weight is 319 g/mol. The van der Waals surface area contributed by atoms with Crippen LogP contribution in [0.15, 0.2) is 23.2 Å². The highest BCUT2D eigenvalue weighted by molar-refractivity contribution is 7.92. The van der Waals surface area contributed by atoms with Gasteiger partial charge in [-0.1, -0.05) is 0 Å². The molecular formula is C11H17N3O4S2. The van der Waals surface area contributed by atoms with Gasteiger partial charge in [0.25, 0.3) is 0 Å². The van der Waals surface area contributed by atoms with Crippen LogP contribution in [0.25, 0.3) is 0 Å². The van der Waals surface area contributed by atoms with E-state index in [9.17, 15) is 16.8 Å². The molecule has 0 amide bonds. The minimum absolute atomic E-state index is 0.0233. The molecule has 1 aliphatic rings. The van der Waals surface area contributed by atoms with Gasteiger partial charge in [0.05, 0.1) is 17.2 Å². The maximum atomic E-state index is 12.5. The summed E-state index contributed by atoms with van der Waals surface area (Å²) in [7, 11) is -6.88. The number of hydrogen-bond acceptors (Lipinski definition) is 6. The summed E-state index contributed by atoms with van der Waals surface area (Å²) in [6.45, 7) is 1.80. The van der Waals surface area contributed by atoms with Crippen molar-refractivity contribution in [2.75, 3.05) is 18.1 Å². The van der Waals surface area contributed by atoms with E-state index in [1.165, 1.54) is 16.6 Å². The highest BCUT2D eigenvalue weighted by atomic mass is 32.2. The van der Waals surface area contributed by atoms with Gasteiger partial charge in [-0.2, -0.15) is 4.31 Å². The lowest BCUT2D eigenvalue weighted by Crippen LogP contribution is -2.49. The summed E-state index contributed by atoms with van der Waals surface area (Å²) < 4.78 is 49.2. The molecule has 0 bridgehead atoms. The van der Waals surface area contributed by atoms with Gasteiger partial charge >= 0.3 is 0 Å². The van der Waals surface area contributed by atoms with Gasteiger partial charge in [0.15, 0.2) is 9.84 Å². The highest BCUT2D eigenvalue weighted by Gasteiger charge is 2.36. The Balaban J connectivity index is 2.30. The third-order valence-electron chi connectivity index (χ3n) is 3.22. The van der Waals surface area contributed by atoms with Gasteiger partial charge in [0.2, 0.25) is 10.0 Å². The molecule has 112 valence electrons. The largest absolute Gasteiger partial charge is 0.325 e. The number of hydrogen-bond donors (Lipinski definition) is 1. The fourth-order valence-electron chi connectivity index (χ4n) is 2.16. The summed E-state index contributed by atoms with van der Waals surface area (Å²) >= 11 is 0. The Bertz CT molecular complexity index is 683. The first-order valence-electron chi connectivity index (χ1n) is 6.13. The SMILES string of the molecule is CC1CS(=O)(=O)CCN1S(=O)(=O)c1ccc(CN)nc1. The first-order chi connectivity index (χ1) is 9.26. The summed E-state index contributed by atoms with van der Waals surface area (Å²) in [6, 6.07) is 2.42. The fourth-order valence-corrected chi connectivity index (χ4v) is 5.50. The summed E-state index contributed by atoms with van der Waals surface area (Å²) in [6.07, 6.45) is 1.26. The summed E-state index contributed by atoms with van der Waals surface area (Å²) in [5, 5.41) is 0. The van der Waals surface area contributed by atoms with E-state index in [2.05, 4.69) is 4.98 Å². The minimum Gasteiger partial charge on any atom is -0.325 e. The second kappa shape index (κ2) is 5.40. The van der Waals surface area contributed by atoms with Crippen LogP contribution in [0.4, 0.5) is 0 Å². The van der Waals surface area contributed by atoms with E-state index < -0.39 is 25.9 Å². The van der Waals surface area contributed by atoms with E-state index in [1.807, 2.05) is 0 Å². The van der Waals surface area contributed by atoms with E-state index >= 15 is 0 Å². The van der Waals surface area contributed by atoms with Gasteiger partial charge < -0.3 is 5.73 Å². The van der Waals surface area contributed by atoms with Crippen LogP contribution in [0.2, 0.25) is 0 Å². The number of sulfone groups is 1. The molecule has 1 fully saturated rings. The van der Waals surface area contributed by atoms with E-state index in [0.29, 0.717) is 5.69 Å². The predicted octanol–water partition coefficient (Wildman–Crippen LogP) is -0.652. The summed E-state index contributed by atoms with van der Waals surface area (Å²) in [5.74, 6) is -0.300. The van der Waals surface area contributed by atoms with Crippen molar-refractivity contribution in [2.45, 2.75) is 24.4 Å². The molecule has 1 unspecified atom stereocenters. The van der Waals surface area contributed by atoms with E-state index in [4.69, 9.17) is 5.73 Å². The molecule has 0 spiro atoms. The van der Waals surface area contributed by atoms with Gasteiger partial charge in [0, 0.05) is 25.3 Å². The van der Waals surface area contributed by atoms with Crippen LogP contribution in [0.5, 0.6) is 0 Å². The summed E-state index contributed by atoms with van der Waals surface area (Å²) in [4.78, 5) is 4.02. The number of nitrogens with two attached hydrogens (primary N) is 1. The van der Waals surface area contributed by atoms with Crippen LogP contribution in [0.1, 0.15) is 12.6 Å². The number of aromatic nitrogens is 1. The van der Waals surface area contributed by atoms with Crippen molar-refractivity contribution in [1.82, 2.24) is 9.29 Å². The third kappa shape index (κ3) is 3.00. The van der Waals surface area contributed by atoms with Crippen LogP contribution in [0, 0.1) is 0 Å². The zero-order valence-corrected chi connectivity index (χ0v) is 12.7. The van der Waals surface area contributed by atoms with Crippen molar-refractivity contribution in [1.29, 1.82) is 0 Å². The normalized spacial score (nSPS) is 23.6. The number of nitrogens with zero attached hydrogens (tertiary/aromatic N) is 2. The smallest absolute Gasteiger partial charge is 0.244 e. The van der Waals surface area contributed by atoms with Crippen LogP contribution in [0.3, 0.4) is 0 Å². The Morgan fingerprint density at radius 3 is 2.65 bits per heavy atom. The van der Waals surface area contributed by atoms with Crippen molar-refractivity contribution < 1.29 is 16.8 Å². The monoisotopic (exact) mass is 319 g/mol. The Morgan fingerprint density at radius 1 is 1.45 bits per heavy atom. The zero-order chi connectivity index (χ0) is 15.0. The molecule has 2 heterocycles. The summed E-state index contributed by atoms with van der Waals surface area (Å²) in [5.41, 5.74) is 6.01. The molecule has 1 saturated heterocycles. The lowest BCUT2D eigenvalue weighted by Gasteiger charge is -2.31. The standard InChI is InChI=1S/C11H17N3O4S2/c1-9-8-19(15,16)5-4-14(9)20(17,18)11-3-2-10(6-12)13-7-11/h2-3,7,9H,4-6,8,12H2,1H3. The zero-order valence-electron chi connectivity index (χ0n) is 11.1. The van der Waals surface area contributed by atoms with Crippen LogP contribution >= 0.6 is 0 Å². The molecule has 0 radical (unpaired) electrons. The van der Waals surface area contributed by atoms with Crippen molar-refractivity contribution in [2.24, 2.45) is 5.73 Å². The van der Waals surface area contributed by atoms with Crippen molar-refractivity contribution in [3.63, 3.8) is 0 Å². The molecule has 1 aromatic heterocycles. The molecule has 0 aromatic carbocycles. The maximum absolute atomic E-state index is 12.5. The quantitative estimate of drug-likeness (QED) is 0.792. The molecular weight excluding hydrogens is 302 g/mol. The van der Waals surface area contributed by atoms with E-state index in [1.54, 1.807) is 13.0 Å². The van der Waals surface area contributed by atoms with Crippen molar-refractivity contribution in [3.05, 3.63) is 24.0 Å². The molecule has 2 N–H and O–H groups in total. The number of rotatable bonds is 3. The van der Waals surface area contributed by atoms with Gasteiger partial charge in [0.1, 0.15) is 4.90 Å². The third-order valence-corrected chi connectivity index (χ3v) is 7.01. The fraction of sp³-hybridized carbons (Fsp3) is 0.545. The van der Waals surface area contributed by atoms with Crippen molar-refractivity contribution in [3.8, 4) is 0 Å². The second-order valence-electron chi connectivity index (χ2n) is 4.77. The topological polar surface area (TPSA) is 110 Å². The Hall–Kier alpha value is -1.03. The van der Waals surface area contributed by atoms with Crippen LogP contribution in [-0.4, -0.2) is 50.2 Å². The first kappa shape index (κ1) is 15.4. The molecule has 1 aromatic rings. The van der Waals surface area contributed by atoms with E-state index in [0.717, 1.165) is 0 Å². The lowest BCUT2D eigenvalue weighted by molar-refractivity contribution is 0.356. The molecule has 7 nitrogen and oxygen atoms in total. The van der Waals surface area contributed by atoms with Gasteiger partial charge in [-0.3, -0.25) is 4.98 Å². The second-order valence-corrected chi connectivity index (χ2v) is 8.89. The number of sulfonamides is 1. The van der Waals surface area contributed by atoms with E-state index in [-0.39, 0.29) is 29.5 Å². The first-order valence-corrected chi connectivity index (χ1v) is 9.40. The Kier molecular flexibility index (Phi) is 4.14. The molecule has 9 heteroatoms. The average Bonchev–Trinajstić information content (AvgIpc) is 2.37. The Morgan fingerprint density at radius 2 is 2.15 bits per heavy atom. The molecule has 20 heavy (non-hydrogen) atoms. The molecule has 0 aliphatic carbocycles. The van der Waals surface area contributed by atoms with Gasteiger partial charge in [-0.15, -0.1) is 0 Å². The molecule has 0 saturated carbocycles. The minimum atomic E-state index is -3.72. The van der Waals surface area contributed by atoms with Gasteiger partial charge in [-0.25, -0.2) is 16.8 Å². The van der Waals surface area contributed by atoms with Crippen LogP contribution < -0.4 is 5.73 Å². The Labute approximate surface area is 118 Å². The predicted molar refractivity (Wildman–Crippen MR) is 74.1 cm³/mol. The maximum Gasteiger partial charge on any atom is 0.244 e. The van der Waals surface area contributed by atoms with Crippen molar-refractivity contribution >= 4 is 19.9 Å². The van der Waals surface area contributed by atoms with Crippen LogP contribution in [-0.2, 0) is 26.4 Å². The van der Waals surface area contributed by atoms with Gasteiger partial charge in [-0.05, 0) is 19.1 Å².